The van der Waals surface area contributed by atoms with Gasteiger partial charge in [-0.15, -0.1) is 0 Å². The largest absolute Gasteiger partial charge is 0.383 e. The Hall–Kier alpha value is -2.11. The third-order valence-corrected chi connectivity index (χ3v) is 3.16. The number of anilines is 1. The Bertz CT molecular complexity index is 489. The number of carbonyl (C=O) groups excluding carboxylic acids is 2. The van der Waals surface area contributed by atoms with Crippen LogP contribution in [0.15, 0.2) is 18.5 Å². The first-order valence-corrected chi connectivity index (χ1v) is 6.34. The highest BCUT2D eigenvalue weighted by Crippen LogP contribution is 2.16. The predicted molar refractivity (Wildman–Crippen MR) is 71.9 cm³/mol. The van der Waals surface area contributed by atoms with Crippen molar-refractivity contribution in [2.45, 2.75) is 6.92 Å². The second-order valence-electron chi connectivity index (χ2n) is 4.49. The van der Waals surface area contributed by atoms with Crippen LogP contribution < -0.4 is 5.32 Å². The molecule has 1 aromatic heterocycles. The molecule has 1 aromatic rings. The second kappa shape index (κ2) is 5.69. The Morgan fingerprint density at radius 2 is 2.26 bits per heavy atom. The molecule has 2 amide bonds. The summed E-state index contributed by atoms with van der Waals surface area (Å²) in [5, 5.41) is 3.11. The molecule has 0 atom stereocenters. The fraction of sp³-hybridized carbons (Fsp3) is 0.462. The quantitative estimate of drug-likeness (QED) is 0.858. The molecule has 102 valence electrons. The van der Waals surface area contributed by atoms with Gasteiger partial charge in [-0.25, -0.2) is 0 Å². The van der Waals surface area contributed by atoms with Gasteiger partial charge in [-0.1, -0.05) is 0 Å². The molecule has 6 nitrogen and oxygen atoms in total. The van der Waals surface area contributed by atoms with Crippen LogP contribution >= 0.6 is 0 Å². The second-order valence-corrected chi connectivity index (χ2v) is 4.49. The van der Waals surface area contributed by atoms with Gasteiger partial charge in [0.2, 0.25) is 5.91 Å². The topological polar surface area (TPSA) is 65.5 Å². The molecule has 0 aliphatic carbocycles. The summed E-state index contributed by atoms with van der Waals surface area (Å²) in [7, 11) is 1.75. The highest BCUT2D eigenvalue weighted by Gasteiger charge is 2.26. The minimum atomic E-state index is -0.125. The van der Waals surface area contributed by atoms with Crippen LogP contribution in [0.2, 0.25) is 0 Å². The van der Waals surface area contributed by atoms with E-state index in [2.05, 4.69) is 10.3 Å². The van der Waals surface area contributed by atoms with Gasteiger partial charge in [0.15, 0.2) is 0 Å². The summed E-state index contributed by atoms with van der Waals surface area (Å²) in [6, 6.07) is 1.68. The molecule has 1 aliphatic heterocycles. The van der Waals surface area contributed by atoms with Crippen molar-refractivity contribution in [3.05, 3.63) is 24.0 Å². The van der Waals surface area contributed by atoms with E-state index >= 15 is 0 Å². The lowest BCUT2D eigenvalue weighted by molar-refractivity contribution is -0.133. The Morgan fingerprint density at radius 3 is 2.95 bits per heavy atom. The van der Waals surface area contributed by atoms with E-state index < -0.39 is 0 Å². The Balaban J connectivity index is 2.18. The molecule has 1 aliphatic rings. The molecule has 0 spiro atoms. The maximum absolute atomic E-state index is 12.4. The lowest BCUT2D eigenvalue weighted by Crippen LogP contribution is -2.50. The fourth-order valence-corrected chi connectivity index (χ4v) is 2.01. The van der Waals surface area contributed by atoms with Crippen LogP contribution in [0.1, 0.15) is 17.3 Å². The van der Waals surface area contributed by atoms with E-state index in [0.29, 0.717) is 30.9 Å². The molecule has 1 N–H and O–H groups in total. The van der Waals surface area contributed by atoms with Crippen molar-refractivity contribution in [3.63, 3.8) is 0 Å². The maximum Gasteiger partial charge on any atom is 0.256 e. The van der Waals surface area contributed by atoms with E-state index in [1.54, 1.807) is 35.3 Å². The highest BCUT2D eigenvalue weighted by molar-refractivity contribution is 6.01. The van der Waals surface area contributed by atoms with Crippen molar-refractivity contribution in [3.8, 4) is 0 Å². The zero-order chi connectivity index (χ0) is 13.8. The SMILES string of the molecule is CCNc1cnccc1C(=O)N1CCN(C)C(=O)C1. The van der Waals surface area contributed by atoms with Crippen molar-refractivity contribution < 1.29 is 9.59 Å². The van der Waals surface area contributed by atoms with E-state index in [1.165, 1.54) is 0 Å². The van der Waals surface area contributed by atoms with Crippen molar-refractivity contribution >= 4 is 17.5 Å². The molecular weight excluding hydrogens is 244 g/mol. The number of aromatic nitrogens is 1. The first kappa shape index (κ1) is 13.3. The number of pyridine rings is 1. The molecule has 0 saturated carbocycles. The number of nitrogens with one attached hydrogen (secondary N) is 1. The Labute approximate surface area is 112 Å². The molecule has 19 heavy (non-hydrogen) atoms. The molecule has 6 heteroatoms. The van der Waals surface area contributed by atoms with Crippen LogP contribution in [0.3, 0.4) is 0 Å². The summed E-state index contributed by atoms with van der Waals surface area (Å²) < 4.78 is 0. The number of hydrogen-bond acceptors (Lipinski definition) is 4. The van der Waals surface area contributed by atoms with Gasteiger partial charge in [-0.3, -0.25) is 14.6 Å². The van der Waals surface area contributed by atoms with E-state index in [1.807, 2.05) is 6.92 Å². The highest BCUT2D eigenvalue weighted by atomic mass is 16.2. The Kier molecular flexibility index (Phi) is 3.99. The van der Waals surface area contributed by atoms with Gasteiger partial charge in [-0.05, 0) is 13.0 Å². The van der Waals surface area contributed by atoms with Gasteiger partial charge in [0.1, 0.15) is 6.54 Å². The summed E-state index contributed by atoms with van der Waals surface area (Å²) in [4.78, 5) is 31.3. The molecule has 0 bridgehead atoms. The first-order valence-electron chi connectivity index (χ1n) is 6.34. The van der Waals surface area contributed by atoms with Gasteiger partial charge >= 0.3 is 0 Å². The normalized spacial score (nSPS) is 15.6. The minimum Gasteiger partial charge on any atom is -0.383 e. The Morgan fingerprint density at radius 1 is 1.47 bits per heavy atom. The minimum absolute atomic E-state index is 0.0290. The predicted octanol–water partition coefficient (Wildman–Crippen LogP) is 0.428. The smallest absolute Gasteiger partial charge is 0.256 e. The lowest BCUT2D eigenvalue weighted by Gasteiger charge is -2.32. The van der Waals surface area contributed by atoms with Crippen LogP contribution in [-0.2, 0) is 4.79 Å². The first-order chi connectivity index (χ1) is 9.13. The van der Waals surface area contributed by atoms with E-state index in [-0.39, 0.29) is 18.4 Å². The lowest BCUT2D eigenvalue weighted by atomic mass is 10.1. The molecule has 1 saturated heterocycles. The third kappa shape index (κ3) is 2.83. The zero-order valence-corrected chi connectivity index (χ0v) is 11.2. The number of rotatable bonds is 3. The van der Waals surface area contributed by atoms with Gasteiger partial charge in [-0.2, -0.15) is 0 Å². The van der Waals surface area contributed by atoms with Crippen LogP contribution in [0.25, 0.3) is 0 Å². The number of nitrogens with zero attached hydrogens (tertiary/aromatic N) is 3. The zero-order valence-electron chi connectivity index (χ0n) is 11.2. The van der Waals surface area contributed by atoms with Gasteiger partial charge in [0, 0.05) is 32.9 Å². The summed E-state index contributed by atoms with van der Waals surface area (Å²) in [6.07, 6.45) is 3.22. The van der Waals surface area contributed by atoms with E-state index in [9.17, 15) is 9.59 Å². The van der Waals surface area contributed by atoms with Crippen LogP contribution in [0, 0.1) is 0 Å². The van der Waals surface area contributed by atoms with Crippen molar-refractivity contribution in [2.24, 2.45) is 0 Å². The fourth-order valence-electron chi connectivity index (χ4n) is 2.01. The standard InChI is InChI=1S/C13H18N4O2/c1-3-15-11-8-14-5-4-10(11)13(19)17-7-6-16(2)12(18)9-17/h4-5,8,15H,3,6-7,9H2,1-2H3. The molecule has 2 rings (SSSR count). The summed E-state index contributed by atoms with van der Waals surface area (Å²) in [5.41, 5.74) is 1.27. The average Bonchev–Trinajstić information content (AvgIpc) is 2.42. The number of likely N-dealkylation sites (N-methyl/N-ethyl adjacent to an activating group) is 1. The molecule has 1 fully saturated rings. The molecule has 0 radical (unpaired) electrons. The molecule has 0 unspecified atom stereocenters. The van der Waals surface area contributed by atoms with Crippen LogP contribution in [0.5, 0.6) is 0 Å². The number of carbonyl (C=O) groups is 2. The van der Waals surface area contributed by atoms with Crippen LogP contribution in [-0.4, -0.2) is 59.8 Å². The van der Waals surface area contributed by atoms with Crippen LogP contribution in [0.4, 0.5) is 5.69 Å². The molecule has 2 heterocycles. The third-order valence-electron chi connectivity index (χ3n) is 3.16. The average molecular weight is 262 g/mol. The van der Waals surface area contributed by atoms with Crippen molar-refractivity contribution in [2.75, 3.05) is 38.5 Å². The number of piperazine rings is 1. The summed E-state index contributed by atoms with van der Waals surface area (Å²) in [5.74, 6) is -0.154. The van der Waals surface area contributed by atoms with E-state index in [4.69, 9.17) is 0 Å². The maximum atomic E-state index is 12.4. The van der Waals surface area contributed by atoms with Gasteiger partial charge in [0.05, 0.1) is 17.4 Å². The molecular formula is C13H18N4O2. The monoisotopic (exact) mass is 262 g/mol. The van der Waals surface area contributed by atoms with E-state index in [0.717, 1.165) is 0 Å². The summed E-state index contributed by atoms with van der Waals surface area (Å²) >= 11 is 0. The van der Waals surface area contributed by atoms with Crippen molar-refractivity contribution in [1.29, 1.82) is 0 Å². The number of hydrogen-bond donors (Lipinski definition) is 1. The van der Waals surface area contributed by atoms with Gasteiger partial charge < -0.3 is 15.1 Å². The number of amides is 2. The summed E-state index contributed by atoms with van der Waals surface area (Å²) in [6.45, 7) is 3.96. The van der Waals surface area contributed by atoms with Gasteiger partial charge in [0.25, 0.3) is 5.91 Å². The molecule has 0 aromatic carbocycles. The van der Waals surface area contributed by atoms with Crippen molar-refractivity contribution in [1.82, 2.24) is 14.8 Å².